The lowest BCUT2D eigenvalue weighted by Gasteiger charge is -2.32. The van der Waals surface area contributed by atoms with Crippen molar-refractivity contribution in [3.05, 3.63) is 35.6 Å². The molecule has 1 saturated carbocycles. The average Bonchev–Trinajstić information content (AvgIpc) is 3.14. The summed E-state index contributed by atoms with van der Waals surface area (Å²) in [6.07, 6.45) is 4.10. The van der Waals surface area contributed by atoms with Gasteiger partial charge in [0.15, 0.2) is 0 Å². The molecule has 24 heavy (non-hydrogen) atoms. The number of likely N-dealkylation sites (tertiary alicyclic amines) is 1. The minimum atomic E-state index is -0.314. The second-order valence-corrected chi connectivity index (χ2v) is 7.41. The van der Waals surface area contributed by atoms with E-state index in [9.17, 15) is 14.0 Å². The van der Waals surface area contributed by atoms with Gasteiger partial charge in [0.25, 0.3) is 0 Å². The van der Waals surface area contributed by atoms with Gasteiger partial charge in [-0.25, -0.2) is 4.39 Å². The second kappa shape index (κ2) is 6.54. The Bertz CT molecular complexity index is 646. The number of rotatable bonds is 3. The van der Waals surface area contributed by atoms with Gasteiger partial charge in [-0.15, -0.1) is 0 Å². The fourth-order valence-electron chi connectivity index (χ4n) is 4.37. The molecule has 2 atom stereocenters. The molecule has 130 valence electrons. The van der Waals surface area contributed by atoms with Crippen LogP contribution >= 0.6 is 0 Å². The normalized spacial score (nSPS) is 26.1. The molecule has 4 nitrogen and oxygen atoms in total. The van der Waals surface area contributed by atoms with Gasteiger partial charge in [-0.05, 0) is 37.0 Å². The number of halogens is 1. The molecule has 1 aromatic rings. The first kappa shape index (κ1) is 16.9. The van der Waals surface area contributed by atoms with Gasteiger partial charge in [0.2, 0.25) is 11.8 Å². The van der Waals surface area contributed by atoms with Crippen LogP contribution < -0.4 is 0 Å². The predicted molar refractivity (Wildman–Crippen MR) is 89.8 cm³/mol. The smallest absolute Gasteiger partial charge is 0.227 e. The summed E-state index contributed by atoms with van der Waals surface area (Å²) >= 11 is 0. The highest BCUT2D eigenvalue weighted by Gasteiger charge is 2.51. The molecule has 0 aromatic heterocycles. The van der Waals surface area contributed by atoms with Crippen LogP contribution in [0.3, 0.4) is 0 Å². The third-order valence-electron chi connectivity index (χ3n) is 5.63. The molecule has 1 saturated heterocycles. The Labute approximate surface area is 142 Å². The Morgan fingerprint density at radius 2 is 2.12 bits per heavy atom. The maximum Gasteiger partial charge on any atom is 0.227 e. The van der Waals surface area contributed by atoms with Crippen LogP contribution in [0.15, 0.2) is 24.3 Å². The molecule has 3 rings (SSSR count). The highest BCUT2D eigenvalue weighted by atomic mass is 19.1. The van der Waals surface area contributed by atoms with Crippen LogP contribution in [0.2, 0.25) is 0 Å². The van der Waals surface area contributed by atoms with Crippen LogP contribution in [-0.2, 0) is 16.0 Å². The third-order valence-corrected chi connectivity index (χ3v) is 5.63. The summed E-state index contributed by atoms with van der Waals surface area (Å²) in [6.45, 7) is 1.36. The lowest BCUT2D eigenvalue weighted by molar-refractivity contribution is -0.137. The van der Waals surface area contributed by atoms with E-state index in [1.54, 1.807) is 31.1 Å². The monoisotopic (exact) mass is 332 g/mol. The molecule has 2 fully saturated rings. The van der Waals surface area contributed by atoms with Crippen LogP contribution in [0, 0.1) is 17.2 Å². The van der Waals surface area contributed by atoms with Crippen molar-refractivity contribution in [1.29, 1.82) is 0 Å². The van der Waals surface area contributed by atoms with Gasteiger partial charge < -0.3 is 9.80 Å². The van der Waals surface area contributed by atoms with E-state index < -0.39 is 0 Å². The van der Waals surface area contributed by atoms with Crippen LogP contribution in [0.25, 0.3) is 0 Å². The summed E-state index contributed by atoms with van der Waals surface area (Å²) in [5.41, 5.74) is 0.646. The zero-order chi connectivity index (χ0) is 17.3. The quantitative estimate of drug-likeness (QED) is 0.853. The zero-order valence-corrected chi connectivity index (χ0v) is 14.4. The molecule has 1 aromatic carbocycles. The van der Waals surface area contributed by atoms with Crippen molar-refractivity contribution in [2.24, 2.45) is 11.3 Å². The number of nitrogens with zero attached hydrogens (tertiary/aromatic N) is 2. The highest BCUT2D eigenvalue weighted by Crippen LogP contribution is 2.50. The van der Waals surface area contributed by atoms with E-state index in [1.165, 1.54) is 12.1 Å². The van der Waals surface area contributed by atoms with E-state index in [1.807, 2.05) is 4.90 Å². The minimum Gasteiger partial charge on any atom is -0.349 e. The molecule has 0 unspecified atom stereocenters. The number of amides is 2. The zero-order valence-electron chi connectivity index (χ0n) is 14.4. The van der Waals surface area contributed by atoms with Crippen molar-refractivity contribution in [2.45, 2.75) is 32.1 Å². The number of carbonyl (C=O) groups is 2. The summed E-state index contributed by atoms with van der Waals surface area (Å²) in [6, 6.07) is 6.21. The minimum absolute atomic E-state index is 0.0273. The Morgan fingerprint density at radius 3 is 2.83 bits per heavy atom. The number of hydrogen-bond acceptors (Lipinski definition) is 2. The van der Waals surface area contributed by atoms with Crippen LogP contribution in [0.1, 0.15) is 31.2 Å². The van der Waals surface area contributed by atoms with Gasteiger partial charge in [0.05, 0.1) is 6.42 Å². The van der Waals surface area contributed by atoms with Crippen molar-refractivity contribution in [3.8, 4) is 0 Å². The largest absolute Gasteiger partial charge is 0.349 e. The highest BCUT2D eigenvalue weighted by molar-refractivity contribution is 5.81. The summed E-state index contributed by atoms with van der Waals surface area (Å²) in [4.78, 5) is 28.6. The number of carbonyl (C=O) groups excluding carboxylic acids is 2. The van der Waals surface area contributed by atoms with Crippen molar-refractivity contribution < 1.29 is 14.0 Å². The first-order chi connectivity index (χ1) is 11.4. The molecule has 5 heteroatoms. The number of hydrogen-bond donors (Lipinski definition) is 0. The second-order valence-electron chi connectivity index (χ2n) is 7.41. The molecule has 0 N–H and O–H groups in total. The van der Waals surface area contributed by atoms with Gasteiger partial charge in [0, 0.05) is 38.5 Å². The van der Waals surface area contributed by atoms with E-state index in [4.69, 9.17) is 0 Å². The first-order valence-corrected chi connectivity index (χ1v) is 8.65. The molecule has 1 aliphatic carbocycles. The van der Waals surface area contributed by atoms with Crippen molar-refractivity contribution in [1.82, 2.24) is 9.80 Å². The SMILES string of the molecule is CN(C)C(=O)[C@H]1CCC[C@]12CCN(C(=O)Cc1cccc(F)c1)C2. The Kier molecular flexibility index (Phi) is 4.61. The number of benzene rings is 1. The van der Waals surface area contributed by atoms with Gasteiger partial charge in [-0.1, -0.05) is 18.6 Å². The maximum atomic E-state index is 13.3. The summed E-state index contributed by atoms with van der Waals surface area (Å²) < 4.78 is 13.3. The van der Waals surface area contributed by atoms with Gasteiger partial charge in [0.1, 0.15) is 5.82 Å². The Hall–Kier alpha value is -1.91. The Morgan fingerprint density at radius 1 is 1.33 bits per heavy atom. The topological polar surface area (TPSA) is 40.6 Å². The molecule has 1 spiro atoms. The Balaban J connectivity index is 1.68. The summed E-state index contributed by atoms with van der Waals surface area (Å²) in [7, 11) is 3.60. The molecule has 1 heterocycles. The van der Waals surface area contributed by atoms with E-state index in [-0.39, 0.29) is 35.4 Å². The fourth-order valence-corrected chi connectivity index (χ4v) is 4.37. The third kappa shape index (κ3) is 3.17. The first-order valence-electron chi connectivity index (χ1n) is 8.65. The maximum absolute atomic E-state index is 13.3. The van der Waals surface area contributed by atoms with Gasteiger partial charge >= 0.3 is 0 Å². The lowest BCUT2D eigenvalue weighted by atomic mass is 9.76. The van der Waals surface area contributed by atoms with Gasteiger partial charge in [-0.3, -0.25) is 9.59 Å². The molecule has 0 radical (unpaired) electrons. The molecule has 2 amide bonds. The van der Waals surface area contributed by atoms with E-state index in [0.29, 0.717) is 18.7 Å². The molecular weight excluding hydrogens is 307 g/mol. The molecule has 0 bridgehead atoms. The average molecular weight is 332 g/mol. The van der Waals surface area contributed by atoms with Crippen molar-refractivity contribution in [2.75, 3.05) is 27.2 Å². The van der Waals surface area contributed by atoms with Gasteiger partial charge in [-0.2, -0.15) is 0 Å². The predicted octanol–water partition coefficient (Wildman–Crippen LogP) is 2.48. The summed E-state index contributed by atoms with van der Waals surface area (Å²) in [5.74, 6) is -0.0718. The fraction of sp³-hybridized carbons (Fsp3) is 0.579. The standard InChI is InChI=1S/C19H25FN2O2/c1-21(2)18(24)16-7-4-8-19(16)9-10-22(13-19)17(23)12-14-5-3-6-15(20)11-14/h3,5-6,11,16H,4,7-10,12-13H2,1-2H3/t16-,19-/m1/s1. The van der Waals surface area contributed by atoms with E-state index >= 15 is 0 Å². The van der Waals surface area contributed by atoms with Crippen LogP contribution in [0.5, 0.6) is 0 Å². The lowest BCUT2D eigenvalue weighted by Crippen LogP contribution is -2.41. The van der Waals surface area contributed by atoms with Crippen LogP contribution in [0.4, 0.5) is 4.39 Å². The molecule has 2 aliphatic rings. The van der Waals surface area contributed by atoms with E-state index in [0.717, 1.165) is 25.7 Å². The van der Waals surface area contributed by atoms with Crippen molar-refractivity contribution >= 4 is 11.8 Å². The van der Waals surface area contributed by atoms with Crippen molar-refractivity contribution in [3.63, 3.8) is 0 Å². The molecule has 1 aliphatic heterocycles. The summed E-state index contributed by atoms with van der Waals surface area (Å²) in [5, 5.41) is 0. The van der Waals surface area contributed by atoms with E-state index in [2.05, 4.69) is 0 Å². The van der Waals surface area contributed by atoms with Crippen LogP contribution in [-0.4, -0.2) is 48.8 Å². The molecular formula is C19H25FN2O2.